The van der Waals surface area contributed by atoms with Crippen molar-refractivity contribution < 1.29 is 14.4 Å². The Kier molecular flexibility index (Phi) is 6.25. The Balaban J connectivity index is 1.67. The molecule has 1 aliphatic heterocycles. The van der Waals surface area contributed by atoms with Crippen LogP contribution in [0.15, 0.2) is 18.2 Å². The molecule has 164 valence electrons. The normalized spacial score (nSPS) is 24.3. The summed E-state index contributed by atoms with van der Waals surface area (Å²) in [5.74, 6) is -0.0556. The van der Waals surface area contributed by atoms with E-state index in [2.05, 4.69) is 31.4 Å². The summed E-state index contributed by atoms with van der Waals surface area (Å²) >= 11 is 0. The third-order valence-electron chi connectivity index (χ3n) is 7.41. The molecule has 2 N–H and O–H groups in total. The Labute approximate surface area is 179 Å². The van der Waals surface area contributed by atoms with Crippen LogP contribution >= 0.6 is 0 Å². The van der Waals surface area contributed by atoms with E-state index in [1.165, 1.54) is 0 Å². The zero-order valence-corrected chi connectivity index (χ0v) is 18.9. The molecule has 0 unspecified atom stereocenters. The summed E-state index contributed by atoms with van der Waals surface area (Å²) in [4.78, 5) is 39.5. The van der Waals surface area contributed by atoms with Crippen LogP contribution in [0, 0.1) is 18.3 Å². The molecule has 0 bridgehead atoms. The molecule has 6 nitrogen and oxygen atoms in total. The summed E-state index contributed by atoms with van der Waals surface area (Å²) < 4.78 is 0. The lowest BCUT2D eigenvalue weighted by Gasteiger charge is -2.42. The van der Waals surface area contributed by atoms with Gasteiger partial charge in [0.25, 0.3) is 5.91 Å². The molecule has 3 rings (SSSR count). The monoisotopic (exact) mass is 413 g/mol. The first-order valence-electron chi connectivity index (χ1n) is 11.2. The molecular formula is C24H35N3O3. The number of nitrogens with one attached hydrogen (secondary N) is 2. The lowest BCUT2D eigenvalue weighted by Crippen LogP contribution is -2.51. The van der Waals surface area contributed by atoms with E-state index < -0.39 is 11.6 Å². The number of hydrogen-bond donors (Lipinski definition) is 2. The number of imide groups is 1. The van der Waals surface area contributed by atoms with E-state index in [0.717, 1.165) is 47.4 Å². The molecule has 4 amide bonds. The van der Waals surface area contributed by atoms with Gasteiger partial charge in [0, 0.05) is 5.69 Å². The number of rotatable bonds is 6. The molecule has 0 radical (unpaired) electrons. The Bertz CT molecular complexity index is 838. The number of aryl methyl sites for hydroxylation is 2. The third kappa shape index (κ3) is 4.09. The summed E-state index contributed by atoms with van der Waals surface area (Å²) in [5, 5.41) is 5.83. The van der Waals surface area contributed by atoms with Crippen LogP contribution in [0.4, 0.5) is 10.5 Å². The van der Waals surface area contributed by atoms with Crippen LogP contribution in [0.2, 0.25) is 0 Å². The van der Waals surface area contributed by atoms with Crippen molar-refractivity contribution in [3.8, 4) is 0 Å². The number of benzene rings is 1. The van der Waals surface area contributed by atoms with Crippen molar-refractivity contribution in [2.45, 2.75) is 78.7 Å². The van der Waals surface area contributed by atoms with E-state index in [-0.39, 0.29) is 23.8 Å². The van der Waals surface area contributed by atoms with E-state index in [1.54, 1.807) is 0 Å². The number of amides is 4. The number of urea groups is 1. The topological polar surface area (TPSA) is 78.5 Å². The Hall–Kier alpha value is -2.37. The van der Waals surface area contributed by atoms with Gasteiger partial charge in [-0.1, -0.05) is 52.3 Å². The van der Waals surface area contributed by atoms with Gasteiger partial charge in [-0.15, -0.1) is 0 Å². The molecule has 2 aliphatic rings. The molecule has 0 atom stereocenters. The highest BCUT2D eigenvalue weighted by molar-refractivity contribution is 6.10. The summed E-state index contributed by atoms with van der Waals surface area (Å²) in [6, 6.07) is 5.42. The van der Waals surface area contributed by atoms with Gasteiger partial charge in [-0.25, -0.2) is 4.79 Å². The average molecular weight is 414 g/mol. The van der Waals surface area contributed by atoms with Crippen molar-refractivity contribution in [3.05, 3.63) is 29.3 Å². The molecule has 1 aliphatic carbocycles. The second-order valence-corrected chi connectivity index (χ2v) is 9.53. The Morgan fingerprint density at radius 2 is 1.90 bits per heavy atom. The Morgan fingerprint density at radius 1 is 1.23 bits per heavy atom. The lowest BCUT2D eigenvalue weighted by atomic mass is 9.65. The number of para-hydroxylation sites is 1. The van der Waals surface area contributed by atoms with Crippen LogP contribution in [0.5, 0.6) is 0 Å². The first kappa shape index (κ1) is 22.3. The fraction of sp³-hybridized carbons (Fsp3) is 0.625. The highest BCUT2D eigenvalue weighted by Gasteiger charge is 2.53. The van der Waals surface area contributed by atoms with Gasteiger partial charge >= 0.3 is 6.03 Å². The van der Waals surface area contributed by atoms with Crippen LogP contribution in [0.3, 0.4) is 0 Å². The molecule has 1 aromatic carbocycles. The number of nitrogens with zero attached hydrogens (tertiary/aromatic N) is 1. The summed E-state index contributed by atoms with van der Waals surface area (Å²) in [6.07, 6.45) is 4.99. The minimum atomic E-state index is -0.838. The number of anilines is 1. The van der Waals surface area contributed by atoms with Gasteiger partial charge in [0.05, 0.1) is 0 Å². The van der Waals surface area contributed by atoms with Crippen LogP contribution in [-0.4, -0.2) is 34.8 Å². The van der Waals surface area contributed by atoms with Crippen molar-refractivity contribution in [1.82, 2.24) is 10.2 Å². The highest BCUT2D eigenvalue weighted by Crippen LogP contribution is 2.45. The van der Waals surface area contributed by atoms with E-state index in [9.17, 15) is 14.4 Å². The molecule has 6 heteroatoms. The predicted octanol–water partition coefficient (Wildman–Crippen LogP) is 4.41. The number of carbonyl (C=O) groups excluding carboxylic acids is 3. The van der Waals surface area contributed by atoms with Crippen LogP contribution in [-0.2, 0) is 16.0 Å². The maximum absolute atomic E-state index is 13.2. The molecule has 1 saturated carbocycles. The maximum atomic E-state index is 13.2. The summed E-state index contributed by atoms with van der Waals surface area (Å²) in [6.45, 7) is 10.5. The molecule has 1 aromatic rings. The van der Waals surface area contributed by atoms with Crippen molar-refractivity contribution >= 4 is 23.5 Å². The maximum Gasteiger partial charge on any atom is 0.325 e. The average Bonchev–Trinajstić information content (AvgIpc) is 2.93. The van der Waals surface area contributed by atoms with Crippen LogP contribution in [0.1, 0.15) is 70.9 Å². The predicted molar refractivity (Wildman–Crippen MR) is 118 cm³/mol. The zero-order valence-electron chi connectivity index (χ0n) is 18.9. The molecule has 1 heterocycles. The van der Waals surface area contributed by atoms with E-state index >= 15 is 0 Å². The zero-order chi connectivity index (χ0) is 22.1. The molecule has 1 spiro atoms. The largest absolute Gasteiger partial charge is 0.325 e. The van der Waals surface area contributed by atoms with Crippen molar-refractivity contribution in [2.24, 2.45) is 11.3 Å². The lowest BCUT2D eigenvalue weighted by molar-refractivity contribution is -0.135. The quantitative estimate of drug-likeness (QED) is 0.678. The van der Waals surface area contributed by atoms with Crippen LogP contribution < -0.4 is 10.6 Å². The minimum Gasteiger partial charge on any atom is -0.324 e. The number of hydrogen-bond acceptors (Lipinski definition) is 3. The van der Waals surface area contributed by atoms with E-state index in [0.29, 0.717) is 18.8 Å². The van der Waals surface area contributed by atoms with Gasteiger partial charge in [-0.05, 0) is 61.5 Å². The summed E-state index contributed by atoms with van der Waals surface area (Å²) in [5.41, 5.74) is 2.17. The first-order valence-corrected chi connectivity index (χ1v) is 11.2. The molecule has 2 fully saturated rings. The molecule has 1 saturated heterocycles. The van der Waals surface area contributed by atoms with Gasteiger partial charge in [-0.2, -0.15) is 0 Å². The van der Waals surface area contributed by atoms with Crippen LogP contribution in [0.25, 0.3) is 0 Å². The fourth-order valence-corrected chi connectivity index (χ4v) is 4.86. The second-order valence-electron chi connectivity index (χ2n) is 9.53. The second kappa shape index (κ2) is 8.40. The van der Waals surface area contributed by atoms with Gasteiger partial charge in [-0.3, -0.25) is 14.5 Å². The van der Waals surface area contributed by atoms with Gasteiger partial charge in [0.1, 0.15) is 12.1 Å². The van der Waals surface area contributed by atoms with Gasteiger partial charge in [0.15, 0.2) is 0 Å². The number of carbonyl (C=O) groups is 3. The SMILES string of the molecule is CCc1cccc(C)c1NC(=O)CN1C(=O)NC2(CCC(C(C)(C)CC)CC2)C1=O. The summed E-state index contributed by atoms with van der Waals surface area (Å²) in [7, 11) is 0. The van der Waals surface area contributed by atoms with Crippen molar-refractivity contribution in [2.75, 3.05) is 11.9 Å². The van der Waals surface area contributed by atoms with Crippen molar-refractivity contribution in [1.29, 1.82) is 0 Å². The van der Waals surface area contributed by atoms with E-state index in [4.69, 9.17) is 0 Å². The molecule has 0 aromatic heterocycles. The van der Waals surface area contributed by atoms with Crippen molar-refractivity contribution in [3.63, 3.8) is 0 Å². The molecular weight excluding hydrogens is 378 g/mol. The van der Waals surface area contributed by atoms with Gasteiger partial charge < -0.3 is 10.6 Å². The first-order chi connectivity index (χ1) is 14.1. The highest BCUT2D eigenvalue weighted by atomic mass is 16.2. The minimum absolute atomic E-state index is 0.234. The van der Waals surface area contributed by atoms with E-state index in [1.807, 2.05) is 32.0 Å². The van der Waals surface area contributed by atoms with Gasteiger partial charge in [0.2, 0.25) is 5.91 Å². The third-order valence-corrected chi connectivity index (χ3v) is 7.41. The smallest absolute Gasteiger partial charge is 0.324 e. The fourth-order valence-electron chi connectivity index (χ4n) is 4.86. The standard InChI is InChI=1S/C24H35N3O3/c1-6-17-10-8-9-16(3)20(17)25-19(28)15-27-21(29)24(26-22(27)30)13-11-18(12-14-24)23(4,5)7-2/h8-10,18H,6-7,11-15H2,1-5H3,(H,25,28)(H,26,30). The molecule has 30 heavy (non-hydrogen) atoms. The Morgan fingerprint density at radius 3 is 2.50 bits per heavy atom.